The fourth-order valence-electron chi connectivity index (χ4n) is 3.77. The minimum absolute atomic E-state index is 0.0473. The highest BCUT2D eigenvalue weighted by Crippen LogP contribution is 2.27. The molecule has 0 radical (unpaired) electrons. The summed E-state index contributed by atoms with van der Waals surface area (Å²) in [6, 6.07) is 10.6. The van der Waals surface area contributed by atoms with E-state index in [0.29, 0.717) is 38.2 Å². The molecule has 2 aromatic rings. The monoisotopic (exact) mass is 518 g/mol. The second kappa shape index (κ2) is 11.9. The van der Waals surface area contributed by atoms with Gasteiger partial charge in [-0.05, 0) is 57.0 Å². The lowest BCUT2D eigenvalue weighted by Gasteiger charge is -2.30. The summed E-state index contributed by atoms with van der Waals surface area (Å²) in [5.41, 5.74) is 1.28. The first-order chi connectivity index (χ1) is 17.1. The zero-order valence-corrected chi connectivity index (χ0v) is 21.3. The molecule has 1 amide bonds. The van der Waals surface area contributed by atoms with Crippen LogP contribution < -0.4 is 9.46 Å². The van der Waals surface area contributed by atoms with Gasteiger partial charge in [0.15, 0.2) is 6.61 Å². The van der Waals surface area contributed by atoms with Crippen LogP contribution in [-0.2, 0) is 29.1 Å². The summed E-state index contributed by atoms with van der Waals surface area (Å²) in [5.74, 6) is -1.71. The van der Waals surface area contributed by atoms with E-state index < -0.39 is 28.5 Å². The van der Waals surface area contributed by atoms with E-state index in [9.17, 15) is 22.8 Å². The van der Waals surface area contributed by atoms with Gasteiger partial charge in [-0.1, -0.05) is 17.7 Å². The largest absolute Gasteiger partial charge is 0.495 e. The predicted octanol–water partition coefficient (Wildman–Crippen LogP) is 2.76. The van der Waals surface area contributed by atoms with Crippen molar-refractivity contribution in [1.82, 2.24) is 4.90 Å². The van der Waals surface area contributed by atoms with Crippen molar-refractivity contribution in [2.24, 2.45) is 5.92 Å². The second-order valence-corrected chi connectivity index (χ2v) is 9.97. The van der Waals surface area contributed by atoms with Crippen molar-refractivity contribution in [3.05, 3.63) is 53.6 Å². The second-order valence-electron chi connectivity index (χ2n) is 8.32. The van der Waals surface area contributed by atoms with E-state index in [1.165, 1.54) is 24.1 Å². The van der Waals surface area contributed by atoms with Crippen LogP contribution in [0.3, 0.4) is 0 Å². The third kappa shape index (κ3) is 6.75. The van der Waals surface area contributed by atoms with Crippen LogP contribution in [0.5, 0.6) is 5.75 Å². The number of likely N-dealkylation sites (tertiary alicyclic amines) is 1. The number of hydrogen-bond donors (Lipinski definition) is 1. The van der Waals surface area contributed by atoms with Crippen LogP contribution in [0.1, 0.15) is 35.7 Å². The fraction of sp³-hybridized carbons (Fsp3) is 0.400. The third-order valence-electron chi connectivity index (χ3n) is 5.79. The highest BCUT2D eigenvalue weighted by molar-refractivity contribution is 7.92. The Balaban J connectivity index is 1.64. The first-order valence-corrected chi connectivity index (χ1v) is 13.0. The Bertz CT molecular complexity index is 1200. The van der Waals surface area contributed by atoms with Gasteiger partial charge >= 0.3 is 11.9 Å². The van der Waals surface area contributed by atoms with Gasteiger partial charge in [0.25, 0.3) is 15.9 Å². The summed E-state index contributed by atoms with van der Waals surface area (Å²) in [5, 5.41) is 0. The van der Waals surface area contributed by atoms with Gasteiger partial charge in [0.05, 0.1) is 25.2 Å². The molecule has 10 nitrogen and oxygen atoms in total. The minimum atomic E-state index is -4.09. The van der Waals surface area contributed by atoms with Gasteiger partial charge < -0.3 is 19.1 Å². The Morgan fingerprint density at radius 1 is 1.03 bits per heavy atom. The van der Waals surface area contributed by atoms with Crippen LogP contribution in [0.4, 0.5) is 5.69 Å². The Hall–Kier alpha value is -3.60. The summed E-state index contributed by atoms with van der Waals surface area (Å²) in [6.45, 7) is 4.15. The number of nitrogens with zero attached hydrogens (tertiary/aromatic N) is 1. The molecule has 194 valence electrons. The molecule has 0 unspecified atom stereocenters. The molecule has 0 atom stereocenters. The quantitative estimate of drug-likeness (QED) is 0.502. The van der Waals surface area contributed by atoms with Crippen LogP contribution in [0, 0.1) is 12.8 Å². The van der Waals surface area contributed by atoms with Crippen LogP contribution >= 0.6 is 0 Å². The first-order valence-electron chi connectivity index (χ1n) is 11.5. The SMILES string of the molecule is CCOC(=O)C1CCN(C(=O)COC(=O)c2ccc(OC)c(S(=O)(=O)Nc3ccc(C)cc3)c2)CC1. The normalized spacial score (nSPS) is 14.1. The minimum Gasteiger partial charge on any atom is -0.495 e. The van der Waals surface area contributed by atoms with Crippen molar-refractivity contribution in [2.45, 2.75) is 31.6 Å². The molecule has 0 aromatic heterocycles. The molecule has 1 saturated heterocycles. The molecule has 1 fully saturated rings. The Morgan fingerprint density at radius 2 is 1.69 bits per heavy atom. The number of rotatable bonds is 9. The van der Waals surface area contributed by atoms with Gasteiger partial charge in [-0.3, -0.25) is 14.3 Å². The highest BCUT2D eigenvalue weighted by Gasteiger charge is 2.29. The number of amides is 1. The Morgan fingerprint density at radius 3 is 2.31 bits per heavy atom. The number of ether oxygens (including phenoxy) is 3. The Kier molecular flexibility index (Phi) is 8.92. The summed E-state index contributed by atoms with van der Waals surface area (Å²) < 4.78 is 43.8. The third-order valence-corrected chi connectivity index (χ3v) is 7.19. The van der Waals surface area contributed by atoms with Gasteiger partial charge in [0.1, 0.15) is 10.6 Å². The Labute approximate surface area is 210 Å². The summed E-state index contributed by atoms with van der Waals surface area (Å²) in [7, 11) is -2.76. The lowest BCUT2D eigenvalue weighted by molar-refractivity contribution is -0.151. The van der Waals surface area contributed by atoms with E-state index in [0.717, 1.165) is 11.6 Å². The van der Waals surface area contributed by atoms with E-state index in [1.54, 1.807) is 31.2 Å². The maximum absolute atomic E-state index is 13.0. The van der Waals surface area contributed by atoms with E-state index in [1.807, 2.05) is 6.92 Å². The average molecular weight is 519 g/mol. The number of sulfonamides is 1. The van der Waals surface area contributed by atoms with E-state index in [2.05, 4.69) is 4.72 Å². The molecule has 11 heteroatoms. The number of nitrogens with one attached hydrogen (secondary N) is 1. The number of aryl methyl sites for hydroxylation is 1. The number of anilines is 1. The molecule has 1 heterocycles. The van der Waals surface area contributed by atoms with Crippen LogP contribution in [0.25, 0.3) is 0 Å². The maximum atomic E-state index is 13.0. The van der Waals surface area contributed by atoms with Gasteiger partial charge in [-0.25, -0.2) is 13.2 Å². The van der Waals surface area contributed by atoms with Crippen molar-refractivity contribution >= 4 is 33.6 Å². The molecule has 1 aliphatic rings. The highest BCUT2D eigenvalue weighted by atomic mass is 32.2. The van der Waals surface area contributed by atoms with Crippen LogP contribution in [-0.4, -0.2) is 64.6 Å². The number of carbonyl (C=O) groups excluding carboxylic acids is 3. The zero-order chi connectivity index (χ0) is 26.3. The number of piperidine rings is 1. The molecular formula is C25H30N2O8S. The molecule has 36 heavy (non-hydrogen) atoms. The van der Waals surface area contributed by atoms with E-state index >= 15 is 0 Å². The molecule has 2 aromatic carbocycles. The lowest BCUT2D eigenvalue weighted by Crippen LogP contribution is -2.42. The number of hydrogen-bond acceptors (Lipinski definition) is 8. The van der Waals surface area contributed by atoms with Crippen LogP contribution in [0.2, 0.25) is 0 Å². The van der Waals surface area contributed by atoms with E-state index in [4.69, 9.17) is 14.2 Å². The van der Waals surface area contributed by atoms with Gasteiger partial charge in [-0.15, -0.1) is 0 Å². The standard InChI is InChI=1S/C25H30N2O8S/c1-4-34-24(29)18-11-13-27(14-12-18)23(28)16-35-25(30)19-7-10-21(33-3)22(15-19)36(31,32)26-20-8-5-17(2)6-9-20/h5-10,15,18,26H,4,11-14,16H2,1-3H3. The summed E-state index contributed by atoms with van der Waals surface area (Å²) in [6.07, 6.45) is 0.957. The molecular weight excluding hydrogens is 488 g/mol. The van der Waals surface area contributed by atoms with Crippen molar-refractivity contribution in [1.29, 1.82) is 0 Å². The predicted molar refractivity (Wildman–Crippen MR) is 131 cm³/mol. The zero-order valence-electron chi connectivity index (χ0n) is 20.5. The van der Waals surface area contributed by atoms with Gasteiger partial charge in [0, 0.05) is 18.8 Å². The van der Waals surface area contributed by atoms with Crippen molar-refractivity contribution in [2.75, 3.05) is 38.1 Å². The lowest BCUT2D eigenvalue weighted by atomic mass is 9.97. The summed E-state index contributed by atoms with van der Waals surface area (Å²) in [4.78, 5) is 38.2. The number of benzene rings is 2. The molecule has 3 rings (SSSR count). The molecule has 0 spiro atoms. The fourth-order valence-corrected chi connectivity index (χ4v) is 5.03. The smallest absolute Gasteiger partial charge is 0.338 e. The summed E-state index contributed by atoms with van der Waals surface area (Å²) >= 11 is 0. The average Bonchev–Trinajstić information content (AvgIpc) is 2.88. The first kappa shape index (κ1) is 27.0. The molecule has 0 aliphatic carbocycles. The molecule has 1 N–H and O–H groups in total. The van der Waals surface area contributed by atoms with Crippen molar-refractivity contribution < 1.29 is 37.0 Å². The molecule has 0 saturated carbocycles. The molecule has 0 bridgehead atoms. The number of esters is 2. The number of carbonyl (C=O) groups is 3. The van der Waals surface area contributed by atoms with Gasteiger partial charge in [0.2, 0.25) is 0 Å². The van der Waals surface area contributed by atoms with Crippen LogP contribution in [0.15, 0.2) is 47.4 Å². The molecule has 1 aliphatic heterocycles. The van der Waals surface area contributed by atoms with Gasteiger partial charge in [-0.2, -0.15) is 0 Å². The topological polar surface area (TPSA) is 128 Å². The van der Waals surface area contributed by atoms with E-state index in [-0.39, 0.29) is 28.1 Å². The maximum Gasteiger partial charge on any atom is 0.338 e. The van der Waals surface area contributed by atoms with Crippen molar-refractivity contribution in [3.8, 4) is 5.75 Å². The number of methoxy groups -OCH3 is 1. The van der Waals surface area contributed by atoms with Crippen molar-refractivity contribution in [3.63, 3.8) is 0 Å².